The van der Waals surface area contributed by atoms with Crippen molar-refractivity contribution in [3.05, 3.63) is 65.3 Å². The molecular formula is C23H23NO5. The van der Waals surface area contributed by atoms with E-state index >= 15 is 0 Å². The van der Waals surface area contributed by atoms with Crippen molar-refractivity contribution in [2.45, 2.75) is 31.6 Å². The minimum atomic E-state index is -0.644. The highest BCUT2D eigenvalue weighted by Gasteiger charge is 2.45. The molecule has 0 saturated carbocycles. The average Bonchev–Trinajstić information content (AvgIpc) is 3.27. The molecular weight excluding hydrogens is 370 g/mol. The second kappa shape index (κ2) is 7.70. The monoisotopic (exact) mass is 393 g/mol. The number of nitrogens with zero attached hydrogens (tertiary/aromatic N) is 1. The lowest BCUT2D eigenvalue weighted by Crippen LogP contribution is -2.37. The topological polar surface area (TPSA) is 78.1 Å². The number of carbonyl (C=O) groups excluding carboxylic acids is 2. The highest BCUT2D eigenvalue weighted by molar-refractivity contribution is 6.09. The smallest absolute Gasteiger partial charge is 0.315 e. The summed E-state index contributed by atoms with van der Waals surface area (Å²) in [6.45, 7) is 1.82. The number of carbonyl (C=O) groups is 2. The van der Waals surface area contributed by atoms with Crippen molar-refractivity contribution in [1.82, 2.24) is 0 Å². The summed E-state index contributed by atoms with van der Waals surface area (Å²) in [5.74, 6) is -0.0911. The van der Waals surface area contributed by atoms with Gasteiger partial charge in [-0.3, -0.25) is 14.6 Å². The van der Waals surface area contributed by atoms with E-state index in [1.807, 2.05) is 43.3 Å². The molecule has 2 heterocycles. The molecule has 0 amide bonds. The third-order valence-corrected chi connectivity index (χ3v) is 5.74. The van der Waals surface area contributed by atoms with Crippen LogP contribution in [0.3, 0.4) is 0 Å². The largest absolute Gasteiger partial charge is 0.497 e. The molecule has 6 heteroatoms. The van der Waals surface area contributed by atoms with Crippen molar-refractivity contribution >= 4 is 17.5 Å². The molecule has 29 heavy (non-hydrogen) atoms. The van der Waals surface area contributed by atoms with E-state index in [0.717, 1.165) is 17.0 Å². The normalized spacial score (nSPS) is 24.0. The van der Waals surface area contributed by atoms with Crippen molar-refractivity contribution in [2.75, 3.05) is 14.2 Å². The van der Waals surface area contributed by atoms with Crippen LogP contribution < -0.4 is 4.74 Å². The van der Waals surface area contributed by atoms with E-state index in [4.69, 9.17) is 13.9 Å². The van der Waals surface area contributed by atoms with Crippen LogP contribution >= 0.6 is 0 Å². The van der Waals surface area contributed by atoms with Crippen LogP contribution in [0.5, 0.6) is 5.75 Å². The second-order valence-corrected chi connectivity index (χ2v) is 7.41. The molecule has 0 radical (unpaired) electrons. The molecule has 6 nitrogen and oxygen atoms in total. The van der Waals surface area contributed by atoms with E-state index in [-0.39, 0.29) is 11.7 Å². The zero-order chi connectivity index (χ0) is 20.5. The zero-order valence-corrected chi connectivity index (χ0v) is 16.7. The Bertz CT molecular complexity index is 1000. The number of hydrogen-bond acceptors (Lipinski definition) is 6. The van der Waals surface area contributed by atoms with E-state index in [1.54, 1.807) is 13.4 Å². The molecule has 1 unspecified atom stereocenters. The number of ether oxygens (including phenoxy) is 2. The number of hydrogen-bond donors (Lipinski definition) is 0. The fourth-order valence-electron chi connectivity index (χ4n) is 4.41. The lowest BCUT2D eigenvalue weighted by Gasteiger charge is -2.36. The van der Waals surface area contributed by atoms with Crippen LogP contribution in [-0.4, -0.2) is 31.7 Å². The molecule has 0 bridgehead atoms. The van der Waals surface area contributed by atoms with E-state index in [0.29, 0.717) is 29.9 Å². The Morgan fingerprint density at radius 3 is 2.69 bits per heavy atom. The van der Waals surface area contributed by atoms with Gasteiger partial charge in [-0.1, -0.05) is 12.1 Å². The van der Waals surface area contributed by atoms with Crippen LogP contribution in [0.15, 0.2) is 63.3 Å². The van der Waals surface area contributed by atoms with Crippen LogP contribution in [-0.2, 0) is 14.3 Å². The predicted octanol–water partition coefficient (Wildman–Crippen LogP) is 4.04. The van der Waals surface area contributed by atoms with Gasteiger partial charge in [0.1, 0.15) is 17.4 Å². The molecule has 0 fully saturated rings. The summed E-state index contributed by atoms with van der Waals surface area (Å²) in [5, 5.41) is 0. The van der Waals surface area contributed by atoms with Crippen LogP contribution in [0, 0.1) is 5.92 Å². The molecule has 2 aliphatic rings. The number of rotatable bonds is 4. The predicted molar refractivity (Wildman–Crippen MR) is 107 cm³/mol. The molecule has 3 atom stereocenters. The highest BCUT2D eigenvalue weighted by Crippen LogP contribution is 2.47. The first-order valence-corrected chi connectivity index (χ1v) is 9.60. The molecule has 1 aliphatic carbocycles. The summed E-state index contributed by atoms with van der Waals surface area (Å²) in [5.41, 5.74) is 2.82. The maximum Gasteiger partial charge on any atom is 0.315 e. The summed E-state index contributed by atoms with van der Waals surface area (Å²) < 4.78 is 16.0. The van der Waals surface area contributed by atoms with Gasteiger partial charge in [0.15, 0.2) is 5.78 Å². The first-order valence-electron chi connectivity index (χ1n) is 9.60. The maximum absolute atomic E-state index is 13.3. The van der Waals surface area contributed by atoms with E-state index in [1.165, 1.54) is 7.11 Å². The molecule has 0 N–H and O–H groups in total. The summed E-state index contributed by atoms with van der Waals surface area (Å²) >= 11 is 0. The number of Topliss-reactive ketones (excluding diaryl/α,β-unsaturated/α-hetero) is 1. The fourth-order valence-corrected chi connectivity index (χ4v) is 4.41. The van der Waals surface area contributed by atoms with Gasteiger partial charge < -0.3 is 13.9 Å². The van der Waals surface area contributed by atoms with Crippen LogP contribution in [0.1, 0.15) is 42.9 Å². The Kier molecular flexibility index (Phi) is 5.09. The summed E-state index contributed by atoms with van der Waals surface area (Å²) in [7, 11) is 2.95. The van der Waals surface area contributed by atoms with Crippen LogP contribution in [0.2, 0.25) is 0 Å². The number of esters is 1. The van der Waals surface area contributed by atoms with Crippen molar-refractivity contribution < 1.29 is 23.5 Å². The third-order valence-electron chi connectivity index (χ3n) is 5.74. The highest BCUT2D eigenvalue weighted by atomic mass is 16.5. The van der Waals surface area contributed by atoms with Gasteiger partial charge in [-0.15, -0.1) is 0 Å². The summed E-state index contributed by atoms with van der Waals surface area (Å²) in [6.07, 6.45) is 2.54. The van der Waals surface area contributed by atoms with Gasteiger partial charge in [0.25, 0.3) is 0 Å². The van der Waals surface area contributed by atoms with Crippen LogP contribution in [0.4, 0.5) is 0 Å². The Balaban J connectivity index is 1.83. The van der Waals surface area contributed by atoms with Gasteiger partial charge in [-0.05, 0) is 36.8 Å². The number of benzene rings is 1. The summed E-state index contributed by atoms with van der Waals surface area (Å²) in [4.78, 5) is 30.6. The van der Waals surface area contributed by atoms with Gasteiger partial charge in [-0.25, -0.2) is 0 Å². The first kappa shape index (κ1) is 19.2. The molecule has 1 aromatic heterocycles. The van der Waals surface area contributed by atoms with Crippen LogP contribution in [0.25, 0.3) is 0 Å². The molecule has 150 valence electrons. The Labute approximate surface area is 169 Å². The number of aliphatic imine (C=N–C) groups is 1. The van der Waals surface area contributed by atoms with Crippen molar-refractivity contribution in [3.63, 3.8) is 0 Å². The number of furan rings is 1. The quantitative estimate of drug-likeness (QED) is 0.733. The zero-order valence-electron chi connectivity index (χ0n) is 16.7. The third kappa shape index (κ3) is 3.39. The van der Waals surface area contributed by atoms with Crippen molar-refractivity contribution in [1.29, 1.82) is 0 Å². The van der Waals surface area contributed by atoms with Crippen molar-refractivity contribution in [2.24, 2.45) is 10.9 Å². The molecule has 4 rings (SSSR count). The van der Waals surface area contributed by atoms with Gasteiger partial charge in [0, 0.05) is 41.7 Å². The van der Waals surface area contributed by atoms with E-state index in [9.17, 15) is 9.59 Å². The van der Waals surface area contributed by atoms with Gasteiger partial charge in [-0.2, -0.15) is 0 Å². The van der Waals surface area contributed by atoms with E-state index < -0.39 is 17.8 Å². The average molecular weight is 393 g/mol. The maximum atomic E-state index is 13.3. The minimum absolute atomic E-state index is 0.00868. The summed E-state index contributed by atoms with van der Waals surface area (Å²) in [6, 6.07) is 11.2. The number of ketones is 1. The SMILES string of the molecule is COC(=O)C1C(C)=NC2=C(C(=O)C[C@H](c3ccco3)C2)[C@@H]1c1cccc(OC)c1. The lowest BCUT2D eigenvalue weighted by molar-refractivity contribution is -0.143. The molecule has 0 saturated heterocycles. The Hall–Kier alpha value is -3.15. The minimum Gasteiger partial charge on any atom is -0.497 e. The molecule has 0 spiro atoms. The molecule has 1 aromatic carbocycles. The van der Waals surface area contributed by atoms with E-state index in [2.05, 4.69) is 4.99 Å². The Morgan fingerprint density at radius 1 is 1.17 bits per heavy atom. The van der Waals surface area contributed by atoms with Gasteiger partial charge >= 0.3 is 5.97 Å². The van der Waals surface area contributed by atoms with Gasteiger partial charge in [0.2, 0.25) is 0 Å². The molecule has 2 aromatic rings. The molecule has 1 aliphatic heterocycles. The number of methoxy groups -OCH3 is 2. The Morgan fingerprint density at radius 2 is 2.00 bits per heavy atom. The standard InChI is InChI=1S/C23H23NO5/c1-13-20(23(26)28-3)21(14-6-4-7-16(10-14)27-2)22-17(24-13)11-15(12-18(22)25)19-8-5-9-29-19/h4-10,15,20-21H,11-12H2,1-3H3/t15-,20?,21-/m1/s1. The second-order valence-electron chi connectivity index (χ2n) is 7.41. The first-order chi connectivity index (χ1) is 14.0. The fraction of sp³-hybridized carbons (Fsp3) is 0.348. The van der Waals surface area contributed by atoms with Crippen molar-refractivity contribution in [3.8, 4) is 5.75 Å². The number of allylic oxidation sites excluding steroid dienone is 2. The van der Waals surface area contributed by atoms with Gasteiger partial charge in [0.05, 0.1) is 20.5 Å². The lowest BCUT2D eigenvalue weighted by atomic mass is 9.70.